The van der Waals surface area contributed by atoms with E-state index in [0.29, 0.717) is 30.3 Å². The summed E-state index contributed by atoms with van der Waals surface area (Å²) < 4.78 is 64.4. The molecule has 0 aromatic heterocycles. The molecule has 1 heterocycles. The molecule has 20 heteroatoms. The molecule has 0 unspecified atom stereocenters. The van der Waals surface area contributed by atoms with Crippen LogP contribution in [0.1, 0.15) is 167 Å². The first-order chi connectivity index (χ1) is 39.1. The third-order valence-corrected chi connectivity index (χ3v) is 16.3. The van der Waals surface area contributed by atoms with E-state index in [1.165, 1.54) is 69.7 Å². The van der Waals surface area contributed by atoms with Crippen LogP contribution in [0.5, 0.6) is 0 Å². The number of esters is 5. The van der Waals surface area contributed by atoms with Gasteiger partial charge in [-0.3, -0.25) is 19.2 Å². The fraction of sp³-hybridized carbons (Fsp3) is 0.683. The summed E-state index contributed by atoms with van der Waals surface area (Å²) in [5, 5.41) is 2.79. The van der Waals surface area contributed by atoms with Gasteiger partial charge in [0.25, 0.3) is 17.7 Å². The summed E-state index contributed by atoms with van der Waals surface area (Å²) in [6, 6.07) is 9.90. The largest absolute Gasteiger partial charge is 0.466 e. The Labute approximate surface area is 489 Å². The normalized spacial score (nSPS) is 17.8. The fourth-order valence-electron chi connectivity index (χ4n) is 10.6. The number of amides is 3. The maximum Gasteiger partial charge on any atom is 0.346 e. The van der Waals surface area contributed by atoms with Crippen LogP contribution in [0.4, 0.5) is 8.78 Å². The monoisotopic (exact) mass is 1170 g/mol. The smallest absolute Gasteiger partial charge is 0.346 e. The van der Waals surface area contributed by atoms with E-state index < -0.39 is 114 Å². The number of alkyl halides is 2. The molecule has 83 heavy (non-hydrogen) atoms. The molecule has 2 aromatic rings. The van der Waals surface area contributed by atoms with Gasteiger partial charge in [0, 0.05) is 60.0 Å². The third-order valence-electron chi connectivity index (χ3n) is 16.3. The van der Waals surface area contributed by atoms with E-state index in [-0.39, 0.29) is 49.9 Å². The Morgan fingerprint density at radius 2 is 1.00 bits per heavy atom. The zero-order chi connectivity index (χ0) is 61.5. The molecular weight excluding hydrogens is 1070 g/mol. The lowest BCUT2D eigenvalue weighted by atomic mass is 9.90. The molecule has 1 saturated heterocycles. The summed E-state index contributed by atoms with van der Waals surface area (Å²) >= 11 is 0. The Morgan fingerprint density at radius 3 is 1.42 bits per heavy atom. The summed E-state index contributed by atoms with van der Waals surface area (Å²) in [6.45, 7) is 13.2. The summed E-state index contributed by atoms with van der Waals surface area (Å²) in [6.07, 6.45) is -0.113. The number of halogens is 2. The van der Waals surface area contributed by atoms with E-state index in [1.807, 2.05) is 48.5 Å². The topological polar surface area (TPSA) is 214 Å². The summed E-state index contributed by atoms with van der Waals surface area (Å²) in [5.41, 5.74) is -0.423. The first-order valence-corrected chi connectivity index (χ1v) is 29.6. The van der Waals surface area contributed by atoms with Crippen LogP contribution >= 0.6 is 0 Å². The van der Waals surface area contributed by atoms with Gasteiger partial charge in [-0.1, -0.05) is 88.1 Å². The molecule has 462 valence electrons. The van der Waals surface area contributed by atoms with Crippen molar-refractivity contribution in [2.75, 3.05) is 48.5 Å². The van der Waals surface area contributed by atoms with Crippen molar-refractivity contribution in [2.24, 2.45) is 11.8 Å². The Kier molecular flexibility index (Phi) is 25.1. The minimum Gasteiger partial charge on any atom is -0.466 e. The second-order valence-electron chi connectivity index (χ2n) is 24.3. The van der Waals surface area contributed by atoms with Crippen LogP contribution in [-0.4, -0.2) is 171 Å². The average molecular weight is 1170 g/mol. The molecule has 18 nitrogen and oxygen atoms in total. The van der Waals surface area contributed by atoms with Crippen LogP contribution in [0.15, 0.2) is 48.5 Å². The highest BCUT2D eigenvalue weighted by Gasteiger charge is 2.44. The van der Waals surface area contributed by atoms with Crippen molar-refractivity contribution in [1.82, 2.24) is 20.0 Å². The molecule has 0 radical (unpaired) electrons. The predicted octanol–water partition coefficient (Wildman–Crippen LogP) is 8.08. The molecule has 3 fully saturated rings. The van der Waals surface area contributed by atoms with Gasteiger partial charge in [0.1, 0.15) is 35.5 Å². The average Bonchev–Trinajstić information content (AvgIpc) is 4.51. The molecule has 5 rings (SSSR count). The lowest BCUT2D eigenvalue weighted by molar-refractivity contribution is -0.175. The van der Waals surface area contributed by atoms with Crippen LogP contribution in [0.25, 0.3) is 0 Å². The number of likely N-dealkylation sites (N-methyl/N-ethyl adjacent to an activating group) is 4. The SMILES string of the molecule is CCC(CC)c1ccc(C[C@@H](OC(=O)[C@H](CC(C)(C)F)NC)C(=O)N(C)[C@@H](CC2CC2)C(=O)O[C@H](C)C(=O)N(C)[C@@H](CC(C)(C)F)C(=O)O[C@H](Cc2ccc(C3CCOCC3)cc2)C(=O)N(C)[C@@H](CC2CC2)C(=O)O[C@H](C)C(=O)OC)cc1. The predicted molar refractivity (Wildman–Crippen MR) is 306 cm³/mol. The number of nitrogens with one attached hydrogen (secondary N) is 1. The Balaban J connectivity index is 1.40. The number of nitrogens with zero attached hydrogens (tertiary/aromatic N) is 3. The minimum atomic E-state index is -2.10. The number of ether oxygens (including phenoxy) is 6. The van der Waals surface area contributed by atoms with Gasteiger partial charge in [0.15, 0.2) is 24.4 Å². The summed E-state index contributed by atoms with van der Waals surface area (Å²) in [4.78, 5) is 116. The van der Waals surface area contributed by atoms with Crippen molar-refractivity contribution in [1.29, 1.82) is 0 Å². The first kappa shape index (κ1) is 67.8. The molecule has 3 amide bonds. The highest BCUT2D eigenvalue weighted by molar-refractivity contribution is 5.93. The van der Waals surface area contributed by atoms with Gasteiger partial charge >= 0.3 is 29.8 Å². The molecule has 3 aliphatic rings. The minimum absolute atomic E-state index is 0.0270. The lowest BCUT2D eigenvalue weighted by Gasteiger charge is -2.34. The van der Waals surface area contributed by atoms with Crippen LogP contribution in [0, 0.1) is 11.8 Å². The van der Waals surface area contributed by atoms with Gasteiger partial charge in [0.05, 0.1) is 7.11 Å². The highest BCUT2D eigenvalue weighted by atomic mass is 19.1. The van der Waals surface area contributed by atoms with Crippen molar-refractivity contribution in [3.8, 4) is 0 Å². The number of carbonyl (C=O) groups is 8. The van der Waals surface area contributed by atoms with Crippen LogP contribution in [-0.2, 0) is 79.6 Å². The quantitative estimate of drug-likeness (QED) is 0.0542. The first-order valence-electron chi connectivity index (χ1n) is 29.6. The van der Waals surface area contributed by atoms with Crippen molar-refractivity contribution in [3.63, 3.8) is 0 Å². The number of methoxy groups -OCH3 is 1. The van der Waals surface area contributed by atoms with E-state index in [0.717, 1.165) is 84.3 Å². The number of rotatable bonds is 32. The van der Waals surface area contributed by atoms with Crippen LogP contribution in [0.2, 0.25) is 0 Å². The maximum absolute atomic E-state index is 15.9. The van der Waals surface area contributed by atoms with Crippen LogP contribution < -0.4 is 5.32 Å². The number of benzene rings is 2. The van der Waals surface area contributed by atoms with Crippen molar-refractivity contribution < 1.29 is 75.6 Å². The Bertz CT molecular complexity index is 2500. The molecule has 8 atom stereocenters. The molecule has 0 bridgehead atoms. The van der Waals surface area contributed by atoms with Gasteiger partial charge in [-0.15, -0.1) is 0 Å². The Morgan fingerprint density at radius 1 is 0.578 bits per heavy atom. The van der Waals surface area contributed by atoms with Gasteiger partial charge in [-0.25, -0.2) is 28.0 Å². The molecule has 2 aromatic carbocycles. The molecule has 0 spiro atoms. The number of hydrogen-bond acceptors (Lipinski definition) is 15. The van der Waals surface area contributed by atoms with Crippen molar-refractivity contribution >= 4 is 47.6 Å². The van der Waals surface area contributed by atoms with Gasteiger partial charge in [0.2, 0.25) is 0 Å². The second kappa shape index (κ2) is 30.7. The van der Waals surface area contributed by atoms with Gasteiger partial charge < -0.3 is 48.4 Å². The van der Waals surface area contributed by atoms with E-state index in [2.05, 4.69) is 19.2 Å². The van der Waals surface area contributed by atoms with Crippen molar-refractivity contribution in [2.45, 2.75) is 217 Å². The van der Waals surface area contributed by atoms with Crippen molar-refractivity contribution in [3.05, 3.63) is 70.8 Å². The summed E-state index contributed by atoms with van der Waals surface area (Å²) in [7, 11) is 6.62. The maximum atomic E-state index is 15.9. The standard InChI is InChI=1S/C63H92F2N4O14/c1-14-44(15-2)45-24-20-42(21-25-45)34-52(82-58(74)48(66-9)36-62(5,6)64)55(71)67(10)49(32-40-16-17-40)59(75)80-38(3)54(70)69(12)51(37-63(7,8)65)61(77)83-53(35-43-22-26-46(27-23-43)47-28-30-79-31-29-47)56(72)68(11)50(33-41-18-19-41)60(76)81-39(4)57(73)78-13/h20-27,38-41,44,47-53,66H,14-19,28-37H2,1-13H3/t38-,39-,48+,49+,50+,51+,52-,53-/m1/s1. The van der Waals surface area contributed by atoms with E-state index in [1.54, 1.807) is 0 Å². The zero-order valence-corrected chi connectivity index (χ0v) is 51.2. The van der Waals surface area contributed by atoms with Crippen LogP contribution in [0.3, 0.4) is 0 Å². The van der Waals surface area contributed by atoms with E-state index in [4.69, 9.17) is 28.4 Å². The van der Waals surface area contributed by atoms with E-state index >= 15 is 4.39 Å². The molecule has 1 N–H and O–H groups in total. The van der Waals surface area contributed by atoms with Gasteiger partial charge in [-0.2, -0.15) is 0 Å². The molecule has 1 aliphatic heterocycles. The zero-order valence-electron chi connectivity index (χ0n) is 51.2. The number of carbonyl (C=O) groups excluding carboxylic acids is 8. The Hall–Kier alpha value is -6.02. The highest BCUT2D eigenvalue weighted by Crippen LogP contribution is 2.37. The molecular formula is C63H92F2N4O14. The third kappa shape index (κ3) is 20.6. The number of hydrogen-bond donors (Lipinski definition) is 1. The van der Waals surface area contributed by atoms with E-state index in [9.17, 15) is 42.7 Å². The molecule has 2 aliphatic carbocycles. The molecule has 2 saturated carbocycles. The lowest BCUT2D eigenvalue weighted by Crippen LogP contribution is -2.54. The fourth-order valence-corrected chi connectivity index (χ4v) is 10.6. The summed E-state index contributed by atoms with van der Waals surface area (Å²) in [5.74, 6) is -6.42. The second-order valence-corrected chi connectivity index (χ2v) is 24.3. The van der Waals surface area contributed by atoms with Gasteiger partial charge in [-0.05, 0) is 133 Å².